The SMILES string of the molecule is Cc1ccc(C2=CC=C(c3ccc(-n4c5c(c6ccccc64)CCC=C5)cc3)C(c3ccccc3)N2)cc1. The minimum Gasteiger partial charge on any atom is -0.374 e. The molecular formula is C36H30N2. The molecule has 0 spiro atoms. The van der Waals surface area contributed by atoms with Gasteiger partial charge >= 0.3 is 0 Å². The number of allylic oxidation sites excluding steroid dienone is 3. The Morgan fingerprint density at radius 3 is 2.29 bits per heavy atom. The molecule has 1 aromatic heterocycles. The molecule has 0 saturated heterocycles. The zero-order chi connectivity index (χ0) is 25.5. The average molecular weight is 491 g/mol. The Morgan fingerprint density at radius 1 is 0.737 bits per heavy atom. The first-order chi connectivity index (χ1) is 18.8. The van der Waals surface area contributed by atoms with Crippen LogP contribution in [0.3, 0.4) is 0 Å². The second kappa shape index (κ2) is 9.39. The van der Waals surface area contributed by atoms with E-state index in [9.17, 15) is 0 Å². The molecule has 1 atom stereocenters. The maximum atomic E-state index is 3.84. The van der Waals surface area contributed by atoms with Crippen LogP contribution in [0.4, 0.5) is 0 Å². The second-order valence-electron chi connectivity index (χ2n) is 10.3. The maximum Gasteiger partial charge on any atom is 0.0773 e. The molecular weight excluding hydrogens is 460 g/mol. The Hall–Kier alpha value is -4.56. The third-order valence-corrected chi connectivity index (χ3v) is 7.85. The fraction of sp³-hybridized carbons (Fsp3) is 0.111. The van der Waals surface area contributed by atoms with Crippen molar-refractivity contribution >= 4 is 28.2 Å². The molecule has 4 aromatic carbocycles. The summed E-state index contributed by atoms with van der Waals surface area (Å²) in [6.07, 6.45) is 11.3. The van der Waals surface area contributed by atoms with Gasteiger partial charge in [0.1, 0.15) is 0 Å². The van der Waals surface area contributed by atoms with Gasteiger partial charge < -0.3 is 9.88 Å². The summed E-state index contributed by atoms with van der Waals surface area (Å²) < 4.78 is 2.42. The minimum atomic E-state index is 0.0754. The maximum absolute atomic E-state index is 3.84. The van der Waals surface area contributed by atoms with Crippen molar-refractivity contribution in [2.24, 2.45) is 0 Å². The first kappa shape index (κ1) is 22.6. The molecule has 0 radical (unpaired) electrons. The molecule has 0 fully saturated rings. The molecule has 0 saturated carbocycles. The van der Waals surface area contributed by atoms with Crippen molar-refractivity contribution in [3.8, 4) is 5.69 Å². The molecule has 1 N–H and O–H groups in total. The van der Waals surface area contributed by atoms with Crippen molar-refractivity contribution in [3.63, 3.8) is 0 Å². The largest absolute Gasteiger partial charge is 0.374 e. The Balaban J connectivity index is 1.30. The summed E-state index contributed by atoms with van der Waals surface area (Å²) in [6, 6.07) is 37.4. The van der Waals surface area contributed by atoms with Crippen molar-refractivity contribution in [1.82, 2.24) is 9.88 Å². The van der Waals surface area contributed by atoms with Crippen LogP contribution < -0.4 is 5.32 Å². The van der Waals surface area contributed by atoms with E-state index in [2.05, 4.69) is 144 Å². The summed E-state index contributed by atoms with van der Waals surface area (Å²) in [5, 5.41) is 5.21. The first-order valence-electron chi connectivity index (χ1n) is 13.5. The topological polar surface area (TPSA) is 17.0 Å². The molecule has 2 heteroatoms. The van der Waals surface area contributed by atoms with Crippen LogP contribution in [0.5, 0.6) is 0 Å². The van der Waals surface area contributed by atoms with Crippen LogP contribution in [0, 0.1) is 6.92 Å². The van der Waals surface area contributed by atoms with E-state index in [1.54, 1.807) is 0 Å². The highest BCUT2D eigenvalue weighted by atomic mass is 15.0. The quantitative estimate of drug-likeness (QED) is 0.267. The van der Waals surface area contributed by atoms with Gasteiger partial charge in [-0.1, -0.05) is 103 Å². The number of hydrogen-bond acceptors (Lipinski definition) is 1. The minimum absolute atomic E-state index is 0.0754. The number of dihydropyridines is 1. The van der Waals surface area contributed by atoms with E-state index in [1.807, 2.05) is 0 Å². The van der Waals surface area contributed by atoms with Crippen molar-refractivity contribution in [2.45, 2.75) is 25.8 Å². The fourth-order valence-electron chi connectivity index (χ4n) is 5.90. The molecule has 2 aliphatic rings. The number of nitrogens with zero attached hydrogens (tertiary/aromatic N) is 1. The molecule has 5 aromatic rings. The number of benzene rings is 4. The van der Waals surface area contributed by atoms with Crippen LogP contribution in [-0.4, -0.2) is 4.57 Å². The number of rotatable bonds is 4. The van der Waals surface area contributed by atoms with Crippen molar-refractivity contribution in [3.05, 3.63) is 155 Å². The van der Waals surface area contributed by atoms with Crippen molar-refractivity contribution in [2.75, 3.05) is 0 Å². The lowest BCUT2D eigenvalue weighted by molar-refractivity contribution is 0.782. The van der Waals surface area contributed by atoms with E-state index < -0.39 is 0 Å². The second-order valence-corrected chi connectivity index (χ2v) is 10.3. The summed E-state index contributed by atoms with van der Waals surface area (Å²) in [4.78, 5) is 0. The van der Waals surface area contributed by atoms with Crippen LogP contribution in [-0.2, 0) is 6.42 Å². The Labute approximate surface area is 224 Å². The van der Waals surface area contributed by atoms with Crippen LogP contribution >= 0.6 is 0 Å². The summed E-state index contributed by atoms with van der Waals surface area (Å²) in [5.74, 6) is 0. The number of nitrogens with one attached hydrogen (secondary N) is 1. The zero-order valence-corrected chi connectivity index (χ0v) is 21.6. The molecule has 184 valence electrons. The van der Waals surface area contributed by atoms with Gasteiger partial charge in [0.2, 0.25) is 0 Å². The van der Waals surface area contributed by atoms with Crippen molar-refractivity contribution in [1.29, 1.82) is 0 Å². The summed E-state index contributed by atoms with van der Waals surface area (Å²) in [7, 11) is 0. The van der Waals surface area contributed by atoms with E-state index in [0.717, 1.165) is 18.5 Å². The average Bonchev–Trinajstić information content (AvgIpc) is 3.32. The Morgan fingerprint density at radius 2 is 1.47 bits per heavy atom. The fourth-order valence-corrected chi connectivity index (χ4v) is 5.90. The lowest BCUT2D eigenvalue weighted by atomic mass is 9.89. The van der Waals surface area contributed by atoms with Crippen LogP contribution in [0.15, 0.2) is 121 Å². The molecule has 0 bridgehead atoms. The number of fused-ring (bicyclic) bond motifs is 3. The molecule has 2 heterocycles. The molecule has 1 aliphatic heterocycles. The zero-order valence-electron chi connectivity index (χ0n) is 21.6. The van der Waals surface area contributed by atoms with E-state index in [4.69, 9.17) is 0 Å². The molecule has 1 aliphatic carbocycles. The van der Waals surface area contributed by atoms with Gasteiger partial charge in [-0.2, -0.15) is 0 Å². The van der Waals surface area contributed by atoms with Crippen molar-refractivity contribution < 1.29 is 0 Å². The van der Waals surface area contributed by atoms with Gasteiger partial charge in [0.05, 0.1) is 11.6 Å². The third-order valence-electron chi connectivity index (χ3n) is 7.85. The molecule has 0 amide bonds. The Bertz CT molecular complexity index is 1710. The summed E-state index contributed by atoms with van der Waals surface area (Å²) >= 11 is 0. The Kier molecular flexibility index (Phi) is 5.59. The van der Waals surface area contributed by atoms with Gasteiger partial charge in [-0.3, -0.25) is 0 Å². The van der Waals surface area contributed by atoms with Gasteiger partial charge in [0, 0.05) is 22.5 Å². The molecule has 1 unspecified atom stereocenters. The lowest BCUT2D eigenvalue weighted by Crippen LogP contribution is -2.24. The molecule has 38 heavy (non-hydrogen) atoms. The molecule has 2 nitrogen and oxygen atoms in total. The van der Waals surface area contributed by atoms with Crippen LogP contribution in [0.25, 0.3) is 33.9 Å². The monoisotopic (exact) mass is 490 g/mol. The van der Waals surface area contributed by atoms with Gasteiger partial charge in [0.25, 0.3) is 0 Å². The summed E-state index contributed by atoms with van der Waals surface area (Å²) in [5.41, 5.74) is 12.7. The lowest BCUT2D eigenvalue weighted by Gasteiger charge is -2.29. The highest BCUT2D eigenvalue weighted by Crippen LogP contribution is 2.37. The van der Waals surface area contributed by atoms with Gasteiger partial charge in [-0.15, -0.1) is 0 Å². The normalized spacial score (nSPS) is 16.5. The smallest absolute Gasteiger partial charge is 0.0773 e. The number of para-hydroxylation sites is 1. The van der Waals surface area contributed by atoms with Crippen LogP contribution in [0.1, 0.15) is 46.0 Å². The van der Waals surface area contributed by atoms with E-state index in [-0.39, 0.29) is 6.04 Å². The number of aryl methyl sites for hydroxylation is 2. The van der Waals surface area contributed by atoms with Crippen LogP contribution in [0.2, 0.25) is 0 Å². The predicted octanol–water partition coefficient (Wildman–Crippen LogP) is 8.67. The van der Waals surface area contributed by atoms with E-state index >= 15 is 0 Å². The predicted molar refractivity (Wildman–Crippen MR) is 160 cm³/mol. The summed E-state index contributed by atoms with van der Waals surface area (Å²) in [6.45, 7) is 2.13. The standard InChI is InChI=1S/C36H30N2/c1-25-15-17-27(18-16-25)33-24-23-30(36(37-33)28-9-3-2-4-10-28)26-19-21-29(22-20-26)38-34-13-7-5-11-31(34)32-12-6-8-14-35(32)38/h2-5,7-11,13-24,36-37H,6,12H2,1H3. The highest BCUT2D eigenvalue weighted by Gasteiger charge is 2.23. The third kappa shape index (κ3) is 3.90. The first-order valence-corrected chi connectivity index (χ1v) is 13.5. The van der Waals surface area contributed by atoms with Gasteiger partial charge in [-0.25, -0.2) is 0 Å². The van der Waals surface area contributed by atoms with Gasteiger partial charge in [-0.05, 0) is 77.9 Å². The van der Waals surface area contributed by atoms with Gasteiger partial charge in [0.15, 0.2) is 0 Å². The highest BCUT2D eigenvalue weighted by molar-refractivity contribution is 5.91. The number of hydrogen-bond donors (Lipinski definition) is 1. The number of aromatic nitrogens is 1. The van der Waals surface area contributed by atoms with E-state index in [1.165, 1.54) is 55.7 Å². The molecule has 7 rings (SSSR count). The van der Waals surface area contributed by atoms with E-state index in [0.29, 0.717) is 0 Å².